The van der Waals surface area contributed by atoms with Crippen LogP contribution >= 0.6 is 11.8 Å². The predicted octanol–water partition coefficient (Wildman–Crippen LogP) is 4.33. The zero-order valence-corrected chi connectivity index (χ0v) is 15.4. The maximum atomic E-state index is 12.1. The highest BCUT2D eigenvalue weighted by Gasteiger charge is 2.33. The maximum absolute atomic E-state index is 12.1. The Bertz CT molecular complexity index is 349. The number of nitrogens with zero attached hydrogens (tertiary/aromatic N) is 1. The number of carboxylic acid groups (broad SMARTS) is 1. The molecular formula is C18H33NO3S. The first-order valence-electron chi connectivity index (χ1n) is 9.26. The van der Waals surface area contributed by atoms with Crippen molar-refractivity contribution in [2.75, 3.05) is 18.1 Å². The summed E-state index contributed by atoms with van der Waals surface area (Å²) in [4.78, 5) is 24.7. The van der Waals surface area contributed by atoms with Crippen LogP contribution in [-0.4, -0.2) is 46.0 Å². The molecule has 23 heavy (non-hydrogen) atoms. The van der Waals surface area contributed by atoms with Gasteiger partial charge in [-0.05, 0) is 37.2 Å². The molecule has 1 aliphatic rings. The first kappa shape index (κ1) is 20.3. The Morgan fingerprint density at radius 2 is 1.65 bits per heavy atom. The smallest absolute Gasteiger partial charge is 0.326 e. The SMILES string of the molecule is CCSCCCCCCCCCCC(=O)N1CCCC1C(=O)O. The van der Waals surface area contributed by atoms with Gasteiger partial charge in [0.05, 0.1) is 0 Å². The fourth-order valence-electron chi connectivity index (χ4n) is 3.15. The molecule has 0 radical (unpaired) electrons. The van der Waals surface area contributed by atoms with Crippen LogP contribution in [0.15, 0.2) is 0 Å². The van der Waals surface area contributed by atoms with Crippen LogP contribution in [0.2, 0.25) is 0 Å². The van der Waals surface area contributed by atoms with Crippen LogP contribution in [0.4, 0.5) is 0 Å². The summed E-state index contributed by atoms with van der Waals surface area (Å²) >= 11 is 2.03. The third-order valence-corrected chi connectivity index (χ3v) is 5.48. The van der Waals surface area contributed by atoms with Crippen molar-refractivity contribution >= 4 is 23.6 Å². The van der Waals surface area contributed by atoms with Gasteiger partial charge in [-0.2, -0.15) is 11.8 Å². The van der Waals surface area contributed by atoms with E-state index in [0.29, 0.717) is 19.4 Å². The number of rotatable bonds is 13. The van der Waals surface area contributed by atoms with E-state index in [9.17, 15) is 9.59 Å². The van der Waals surface area contributed by atoms with Crippen molar-refractivity contribution in [1.29, 1.82) is 0 Å². The molecule has 1 heterocycles. The van der Waals surface area contributed by atoms with Gasteiger partial charge in [0.15, 0.2) is 0 Å². The summed E-state index contributed by atoms with van der Waals surface area (Å²) in [5.74, 6) is 1.70. The molecule has 4 nitrogen and oxygen atoms in total. The Morgan fingerprint density at radius 3 is 2.26 bits per heavy atom. The lowest BCUT2D eigenvalue weighted by molar-refractivity contribution is -0.148. The largest absolute Gasteiger partial charge is 0.480 e. The number of amides is 1. The number of aliphatic carboxylic acids is 1. The Morgan fingerprint density at radius 1 is 1.04 bits per heavy atom. The van der Waals surface area contributed by atoms with Crippen molar-refractivity contribution in [2.45, 2.75) is 83.6 Å². The number of hydrogen-bond donors (Lipinski definition) is 1. The van der Waals surface area contributed by atoms with Gasteiger partial charge in [0.2, 0.25) is 5.91 Å². The van der Waals surface area contributed by atoms with Crippen molar-refractivity contribution in [2.24, 2.45) is 0 Å². The normalized spacial score (nSPS) is 17.6. The Hall–Kier alpha value is -0.710. The molecule has 1 unspecified atom stereocenters. The average Bonchev–Trinajstić information content (AvgIpc) is 3.02. The second-order valence-electron chi connectivity index (χ2n) is 6.36. The standard InChI is InChI=1S/C18H33NO3S/c1-2-23-15-10-8-6-4-3-5-7-9-13-17(20)19-14-11-12-16(19)18(21)22/h16H,2-15H2,1H3,(H,21,22). The molecule has 0 saturated carbocycles. The zero-order chi connectivity index (χ0) is 16.9. The van der Waals surface area contributed by atoms with E-state index in [4.69, 9.17) is 5.11 Å². The molecule has 0 aromatic heterocycles. The summed E-state index contributed by atoms with van der Waals surface area (Å²) < 4.78 is 0. The van der Waals surface area contributed by atoms with Gasteiger partial charge in [0, 0.05) is 13.0 Å². The molecule has 1 fully saturated rings. The van der Waals surface area contributed by atoms with E-state index in [1.165, 1.54) is 50.0 Å². The quantitative estimate of drug-likeness (QED) is 0.506. The molecule has 1 atom stereocenters. The van der Waals surface area contributed by atoms with Gasteiger partial charge in [0.1, 0.15) is 6.04 Å². The lowest BCUT2D eigenvalue weighted by Gasteiger charge is -2.21. The molecule has 0 aliphatic carbocycles. The predicted molar refractivity (Wildman–Crippen MR) is 96.9 cm³/mol. The number of carbonyl (C=O) groups is 2. The monoisotopic (exact) mass is 343 g/mol. The highest BCUT2D eigenvalue weighted by Crippen LogP contribution is 2.19. The summed E-state index contributed by atoms with van der Waals surface area (Å²) in [6, 6.07) is -0.576. The number of carboxylic acids is 1. The van der Waals surface area contributed by atoms with Crippen molar-refractivity contribution in [3.05, 3.63) is 0 Å². The molecule has 1 rings (SSSR count). The van der Waals surface area contributed by atoms with Crippen LogP contribution in [0.25, 0.3) is 0 Å². The van der Waals surface area contributed by atoms with Crippen LogP contribution in [-0.2, 0) is 9.59 Å². The summed E-state index contributed by atoms with van der Waals surface area (Å²) in [6.45, 7) is 2.83. The zero-order valence-electron chi connectivity index (χ0n) is 14.6. The van der Waals surface area contributed by atoms with Gasteiger partial charge in [-0.1, -0.05) is 45.4 Å². The van der Waals surface area contributed by atoms with Crippen LogP contribution in [0.3, 0.4) is 0 Å². The fourth-order valence-corrected chi connectivity index (χ4v) is 3.85. The van der Waals surface area contributed by atoms with Crippen molar-refractivity contribution in [1.82, 2.24) is 4.90 Å². The fraction of sp³-hybridized carbons (Fsp3) is 0.889. The minimum absolute atomic E-state index is 0.0309. The second-order valence-corrected chi connectivity index (χ2v) is 7.75. The van der Waals surface area contributed by atoms with E-state index in [-0.39, 0.29) is 5.91 Å². The van der Waals surface area contributed by atoms with E-state index in [1.807, 2.05) is 11.8 Å². The molecule has 1 N–H and O–H groups in total. The molecule has 134 valence electrons. The molecule has 1 aliphatic heterocycles. The number of unbranched alkanes of at least 4 members (excludes halogenated alkanes) is 7. The van der Waals surface area contributed by atoms with Gasteiger partial charge in [-0.15, -0.1) is 0 Å². The third kappa shape index (κ3) is 8.63. The first-order chi connectivity index (χ1) is 11.2. The minimum atomic E-state index is -0.854. The van der Waals surface area contributed by atoms with Gasteiger partial charge in [-0.3, -0.25) is 4.79 Å². The molecule has 5 heteroatoms. The van der Waals surface area contributed by atoms with E-state index in [0.717, 1.165) is 19.3 Å². The lowest BCUT2D eigenvalue weighted by atomic mass is 10.1. The summed E-state index contributed by atoms with van der Waals surface area (Å²) in [7, 11) is 0. The van der Waals surface area contributed by atoms with Crippen molar-refractivity contribution in [3.8, 4) is 0 Å². The second kappa shape index (κ2) is 12.7. The van der Waals surface area contributed by atoms with Crippen molar-refractivity contribution < 1.29 is 14.7 Å². The van der Waals surface area contributed by atoms with Gasteiger partial charge in [-0.25, -0.2) is 4.79 Å². The number of carbonyl (C=O) groups excluding carboxylic acids is 1. The Labute approximate surface area is 145 Å². The topological polar surface area (TPSA) is 57.6 Å². The van der Waals surface area contributed by atoms with E-state index < -0.39 is 12.0 Å². The van der Waals surface area contributed by atoms with Crippen LogP contribution in [0, 0.1) is 0 Å². The van der Waals surface area contributed by atoms with Crippen molar-refractivity contribution in [3.63, 3.8) is 0 Å². The summed E-state index contributed by atoms with van der Waals surface area (Å²) in [6.07, 6.45) is 11.7. The van der Waals surface area contributed by atoms with E-state index in [1.54, 1.807) is 4.90 Å². The molecule has 0 spiro atoms. The Kier molecular flexibility index (Phi) is 11.2. The molecule has 0 bridgehead atoms. The van der Waals surface area contributed by atoms with E-state index >= 15 is 0 Å². The Balaban J connectivity index is 1.94. The summed E-state index contributed by atoms with van der Waals surface area (Å²) in [5.41, 5.74) is 0. The molecular weight excluding hydrogens is 310 g/mol. The van der Waals surface area contributed by atoms with Gasteiger partial charge in [0.25, 0.3) is 0 Å². The van der Waals surface area contributed by atoms with Gasteiger partial charge >= 0.3 is 5.97 Å². The van der Waals surface area contributed by atoms with Gasteiger partial charge < -0.3 is 10.0 Å². The highest BCUT2D eigenvalue weighted by molar-refractivity contribution is 7.99. The molecule has 0 aromatic carbocycles. The third-order valence-electron chi connectivity index (χ3n) is 4.49. The number of likely N-dealkylation sites (tertiary alicyclic amines) is 1. The number of thioether (sulfide) groups is 1. The van der Waals surface area contributed by atoms with Crippen LogP contribution in [0.1, 0.15) is 77.6 Å². The minimum Gasteiger partial charge on any atom is -0.480 e. The average molecular weight is 344 g/mol. The highest BCUT2D eigenvalue weighted by atomic mass is 32.2. The maximum Gasteiger partial charge on any atom is 0.326 e. The molecule has 1 saturated heterocycles. The first-order valence-corrected chi connectivity index (χ1v) is 10.4. The molecule has 0 aromatic rings. The van der Waals surface area contributed by atoms with E-state index in [2.05, 4.69) is 6.92 Å². The van der Waals surface area contributed by atoms with Crippen LogP contribution in [0.5, 0.6) is 0 Å². The molecule has 1 amide bonds. The summed E-state index contributed by atoms with van der Waals surface area (Å²) in [5, 5.41) is 9.10. The lowest BCUT2D eigenvalue weighted by Crippen LogP contribution is -2.40. The number of hydrogen-bond acceptors (Lipinski definition) is 3. The van der Waals surface area contributed by atoms with Crippen LogP contribution < -0.4 is 0 Å².